The summed E-state index contributed by atoms with van der Waals surface area (Å²) in [5, 5.41) is 13.3. The number of H-pyrrole nitrogens is 1. The molecule has 0 spiro atoms. The summed E-state index contributed by atoms with van der Waals surface area (Å²) in [5.41, 5.74) is 1.65. The highest BCUT2D eigenvalue weighted by molar-refractivity contribution is 7.99. The fraction of sp³-hybridized carbons (Fsp3) is 0.400. The Balaban J connectivity index is 1.63. The molecule has 0 aliphatic carbocycles. The number of amides is 1. The van der Waals surface area contributed by atoms with Crippen LogP contribution in [0.15, 0.2) is 24.3 Å². The molecule has 1 unspecified atom stereocenters. The lowest BCUT2D eigenvalue weighted by molar-refractivity contribution is -0.116. The molecule has 6 nitrogen and oxygen atoms in total. The van der Waals surface area contributed by atoms with Crippen LogP contribution in [-0.4, -0.2) is 45.2 Å². The minimum atomic E-state index is 0.0308. The maximum absolute atomic E-state index is 12.1. The average molecular weight is 317 g/mol. The zero-order valence-corrected chi connectivity index (χ0v) is 13.2. The van der Waals surface area contributed by atoms with Gasteiger partial charge in [0.05, 0.1) is 0 Å². The zero-order chi connectivity index (χ0) is 15.4. The number of thioether (sulfide) groups is 1. The van der Waals surface area contributed by atoms with Crippen molar-refractivity contribution in [1.82, 2.24) is 20.5 Å². The van der Waals surface area contributed by atoms with Crippen LogP contribution in [0.3, 0.4) is 0 Å². The number of carbonyl (C=O) groups excluding carboxylic acids is 1. The first-order chi connectivity index (χ1) is 10.7. The molecule has 3 rings (SSSR count). The van der Waals surface area contributed by atoms with Crippen LogP contribution in [0.2, 0.25) is 0 Å². The van der Waals surface area contributed by atoms with Gasteiger partial charge in [-0.2, -0.15) is 16.9 Å². The van der Waals surface area contributed by atoms with Crippen LogP contribution in [0.5, 0.6) is 0 Å². The first-order valence-corrected chi connectivity index (χ1v) is 8.46. The monoisotopic (exact) mass is 317 g/mol. The number of anilines is 1. The number of benzene rings is 1. The summed E-state index contributed by atoms with van der Waals surface area (Å²) in [6.45, 7) is 2.83. The highest BCUT2D eigenvalue weighted by Gasteiger charge is 2.16. The first-order valence-electron chi connectivity index (χ1n) is 7.31. The van der Waals surface area contributed by atoms with Crippen molar-refractivity contribution in [2.24, 2.45) is 0 Å². The molecule has 1 fully saturated rings. The topological polar surface area (TPSA) is 82.7 Å². The van der Waals surface area contributed by atoms with Crippen LogP contribution >= 0.6 is 11.8 Å². The normalized spacial score (nSPS) is 18.1. The lowest BCUT2D eigenvalue weighted by Gasteiger charge is -2.22. The number of aryl methyl sites for hydroxylation is 1. The third-order valence-corrected chi connectivity index (χ3v) is 4.56. The summed E-state index contributed by atoms with van der Waals surface area (Å²) >= 11 is 1.89. The van der Waals surface area contributed by atoms with E-state index in [-0.39, 0.29) is 11.9 Å². The van der Waals surface area contributed by atoms with E-state index in [9.17, 15) is 4.79 Å². The molecule has 116 valence electrons. The molecule has 1 aliphatic heterocycles. The Morgan fingerprint density at radius 2 is 2.41 bits per heavy atom. The van der Waals surface area contributed by atoms with Crippen molar-refractivity contribution in [3.63, 3.8) is 0 Å². The van der Waals surface area contributed by atoms with Gasteiger partial charge < -0.3 is 10.6 Å². The highest BCUT2D eigenvalue weighted by Crippen LogP contribution is 2.19. The Kier molecular flexibility index (Phi) is 4.74. The van der Waals surface area contributed by atoms with E-state index in [1.165, 1.54) is 0 Å². The molecule has 7 heteroatoms. The quantitative estimate of drug-likeness (QED) is 0.801. The van der Waals surface area contributed by atoms with E-state index >= 15 is 0 Å². The third-order valence-electron chi connectivity index (χ3n) is 3.43. The molecule has 2 heterocycles. The Labute approximate surface area is 133 Å². The van der Waals surface area contributed by atoms with E-state index in [0.717, 1.165) is 35.1 Å². The van der Waals surface area contributed by atoms with Crippen LogP contribution in [0, 0.1) is 6.92 Å². The van der Waals surface area contributed by atoms with Gasteiger partial charge in [0.15, 0.2) is 5.82 Å². The molecular weight excluding hydrogens is 298 g/mol. The summed E-state index contributed by atoms with van der Waals surface area (Å²) in [4.78, 5) is 16.4. The number of nitrogens with one attached hydrogen (secondary N) is 3. The van der Waals surface area contributed by atoms with Crippen LogP contribution < -0.4 is 10.6 Å². The number of rotatable bonds is 4. The smallest absolute Gasteiger partial charge is 0.225 e. The Bertz CT molecular complexity index is 651. The maximum atomic E-state index is 12.1. The van der Waals surface area contributed by atoms with Gasteiger partial charge >= 0.3 is 0 Å². The van der Waals surface area contributed by atoms with Gasteiger partial charge in [-0.05, 0) is 19.1 Å². The Morgan fingerprint density at radius 3 is 3.14 bits per heavy atom. The molecule has 1 aromatic heterocycles. The SMILES string of the molecule is Cc1nc(-c2cccc(NC(=O)CC3CSCCN3)c2)n[nH]1. The van der Waals surface area contributed by atoms with Crippen molar-refractivity contribution in [3.8, 4) is 11.4 Å². The van der Waals surface area contributed by atoms with E-state index in [1.54, 1.807) is 0 Å². The fourth-order valence-electron chi connectivity index (χ4n) is 2.39. The molecule has 22 heavy (non-hydrogen) atoms. The maximum Gasteiger partial charge on any atom is 0.225 e. The molecule has 0 saturated carbocycles. The summed E-state index contributed by atoms with van der Waals surface area (Å²) in [5.74, 6) is 3.55. The van der Waals surface area contributed by atoms with Gasteiger partial charge in [0.1, 0.15) is 5.82 Å². The molecule has 1 saturated heterocycles. The largest absolute Gasteiger partial charge is 0.326 e. The number of hydrogen-bond donors (Lipinski definition) is 3. The van der Waals surface area contributed by atoms with Crippen molar-refractivity contribution >= 4 is 23.4 Å². The summed E-state index contributed by atoms with van der Waals surface area (Å²) in [7, 11) is 0. The van der Waals surface area contributed by atoms with Crippen molar-refractivity contribution < 1.29 is 4.79 Å². The summed E-state index contributed by atoms with van der Waals surface area (Å²) in [6, 6.07) is 7.86. The molecule has 0 radical (unpaired) electrons. The van der Waals surface area contributed by atoms with Crippen molar-refractivity contribution in [2.45, 2.75) is 19.4 Å². The third kappa shape index (κ3) is 3.86. The van der Waals surface area contributed by atoms with Gasteiger partial charge in [-0.1, -0.05) is 12.1 Å². The van der Waals surface area contributed by atoms with Gasteiger partial charge in [-0.3, -0.25) is 9.89 Å². The van der Waals surface area contributed by atoms with Gasteiger partial charge in [0.2, 0.25) is 5.91 Å². The second kappa shape index (κ2) is 6.93. The van der Waals surface area contributed by atoms with Gasteiger partial charge in [-0.15, -0.1) is 0 Å². The summed E-state index contributed by atoms with van der Waals surface area (Å²) < 4.78 is 0. The van der Waals surface area contributed by atoms with Crippen LogP contribution in [0.1, 0.15) is 12.2 Å². The Hall–Kier alpha value is -1.86. The summed E-state index contributed by atoms with van der Waals surface area (Å²) in [6.07, 6.45) is 0.497. The van der Waals surface area contributed by atoms with Crippen molar-refractivity contribution in [1.29, 1.82) is 0 Å². The lowest BCUT2D eigenvalue weighted by atomic mass is 10.1. The molecule has 1 aliphatic rings. The van der Waals surface area contributed by atoms with E-state index < -0.39 is 0 Å². The molecule has 2 aromatic rings. The number of nitrogens with zero attached hydrogens (tertiary/aromatic N) is 2. The van der Waals surface area contributed by atoms with E-state index in [4.69, 9.17) is 0 Å². The van der Waals surface area contributed by atoms with Gasteiger partial charge in [0.25, 0.3) is 0 Å². The molecule has 3 N–H and O–H groups in total. The van der Waals surface area contributed by atoms with E-state index in [0.29, 0.717) is 12.2 Å². The number of hydrogen-bond acceptors (Lipinski definition) is 5. The molecule has 1 aromatic carbocycles. The molecule has 1 atom stereocenters. The average Bonchev–Trinajstić information content (AvgIpc) is 2.95. The molecule has 0 bridgehead atoms. The lowest BCUT2D eigenvalue weighted by Crippen LogP contribution is -2.39. The van der Waals surface area contributed by atoms with Crippen LogP contribution in [0.4, 0.5) is 5.69 Å². The number of aromatic amines is 1. The second-order valence-corrected chi connectivity index (χ2v) is 6.45. The van der Waals surface area contributed by atoms with Crippen LogP contribution in [0.25, 0.3) is 11.4 Å². The first kappa shape index (κ1) is 15.1. The number of aromatic nitrogens is 3. The van der Waals surface area contributed by atoms with Crippen LogP contribution in [-0.2, 0) is 4.79 Å². The van der Waals surface area contributed by atoms with E-state index in [1.807, 2.05) is 43.0 Å². The predicted molar refractivity (Wildman–Crippen MR) is 88.9 cm³/mol. The van der Waals surface area contributed by atoms with Crippen molar-refractivity contribution in [2.75, 3.05) is 23.4 Å². The fourth-order valence-corrected chi connectivity index (χ4v) is 3.34. The number of carbonyl (C=O) groups is 1. The highest BCUT2D eigenvalue weighted by atomic mass is 32.2. The van der Waals surface area contributed by atoms with E-state index in [2.05, 4.69) is 25.8 Å². The molecular formula is C15H19N5OS. The standard InChI is InChI=1S/C15H19N5OS/c1-10-17-15(20-19-10)11-3-2-4-12(7-11)18-14(21)8-13-9-22-6-5-16-13/h2-4,7,13,16H,5-6,8-9H2,1H3,(H,18,21)(H,17,19,20). The second-order valence-electron chi connectivity index (χ2n) is 5.30. The van der Waals surface area contributed by atoms with Gasteiger partial charge in [-0.25, -0.2) is 4.98 Å². The Morgan fingerprint density at radius 1 is 1.50 bits per heavy atom. The zero-order valence-electron chi connectivity index (χ0n) is 12.4. The van der Waals surface area contributed by atoms with Crippen molar-refractivity contribution in [3.05, 3.63) is 30.1 Å². The minimum Gasteiger partial charge on any atom is -0.326 e. The minimum absolute atomic E-state index is 0.0308. The van der Waals surface area contributed by atoms with Gasteiger partial charge in [0, 0.05) is 41.8 Å². The predicted octanol–water partition coefficient (Wildman–Crippen LogP) is 1.81. The molecule has 1 amide bonds.